The molecule has 1 fully saturated rings. The van der Waals surface area contributed by atoms with Gasteiger partial charge in [-0.15, -0.1) is 0 Å². The fraction of sp³-hybridized carbons (Fsp3) is 0.235. The molecule has 6 nitrogen and oxygen atoms in total. The summed E-state index contributed by atoms with van der Waals surface area (Å²) in [5, 5.41) is 0.933. The van der Waals surface area contributed by atoms with Gasteiger partial charge in [-0.3, -0.25) is 4.79 Å². The number of anilines is 1. The van der Waals surface area contributed by atoms with E-state index in [1.54, 1.807) is 0 Å². The molecule has 1 heterocycles. The molecule has 1 unspecified atom stereocenters. The van der Waals surface area contributed by atoms with Gasteiger partial charge in [0.15, 0.2) is 37.1 Å². The number of nitrogens with one attached hydrogen (secondary N) is 1. The number of benzene rings is 2. The lowest BCUT2D eigenvalue weighted by molar-refractivity contribution is 0.102. The van der Waals surface area contributed by atoms with Crippen molar-refractivity contribution >= 4 is 31.3 Å². The maximum absolute atomic E-state index is 13.7. The van der Waals surface area contributed by atoms with Gasteiger partial charge < -0.3 is 5.32 Å². The van der Waals surface area contributed by atoms with Crippen molar-refractivity contribution in [2.24, 2.45) is 0 Å². The second-order valence-electron chi connectivity index (χ2n) is 6.27. The molecule has 0 saturated carbocycles. The summed E-state index contributed by atoms with van der Waals surface area (Å²) in [5.41, 5.74) is -0.787. The van der Waals surface area contributed by atoms with Crippen LogP contribution in [0.1, 0.15) is 16.8 Å². The van der Waals surface area contributed by atoms with Gasteiger partial charge in [0.25, 0.3) is 5.91 Å². The lowest BCUT2D eigenvalue weighted by atomic mass is 10.2. The van der Waals surface area contributed by atoms with E-state index < -0.39 is 59.7 Å². The van der Waals surface area contributed by atoms with Gasteiger partial charge in [-0.1, -0.05) is 6.07 Å². The molecule has 2 aromatic rings. The van der Waals surface area contributed by atoms with Gasteiger partial charge in [0.05, 0.1) is 27.3 Å². The molecule has 1 amide bonds. The number of carbonyl (C=O) groups excluding carboxylic acids is 1. The smallest absolute Gasteiger partial charge is 0.255 e. The Kier molecular flexibility index (Phi) is 5.24. The quantitative estimate of drug-likeness (QED) is 0.747. The van der Waals surface area contributed by atoms with Crippen LogP contribution in [0, 0.1) is 17.5 Å². The van der Waals surface area contributed by atoms with Crippen molar-refractivity contribution in [3.63, 3.8) is 0 Å². The highest BCUT2D eigenvalue weighted by atomic mass is 32.2. The Morgan fingerprint density at radius 1 is 1.07 bits per heavy atom. The van der Waals surface area contributed by atoms with Crippen molar-refractivity contribution in [3.8, 4) is 0 Å². The number of sulfone groups is 2. The molecule has 1 atom stereocenters. The molecule has 0 spiro atoms. The third-order valence-corrected chi connectivity index (χ3v) is 8.51. The van der Waals surface area contributed by atoms with Crippen molar-refractivity contribution in [3.05, 3.63) is 59.4 Å². The minimum Gasteiger partial charge on any atom is -0.319 e. The molecule has 11 heteroatoms. The third-order valence-electron chi connectivity index (χ3n) is 4.34. The van der Waals surface area contributed by atoms with Crippen molar-refractivity contribution < 1.29 is 34.8 Å². The van der Waals surface area contributed by atoms with Crippen LogP contribution in [-0.2, 0) is 19.7 Å². The molecular weight excluding hydrogens is 419 g/mol. The highest BCUT2D eigenvalue weighted by Gasteiger charge is 2.38. The van der Waals surface area contributed by atoms with Crippen LogP contribution in [0.25, 0.3) is 0 Å². The Balaban J connectivity index is 1.87. The summed E-state index contributed by atoms with van der Waals surface area (Å²) < 4.78 is 88.3. The van der Waals surface area contributed by atoms with Crippen LogP contribution in [0.2, 0.25) is 0 Å². The van der Waals surface area contributed by atoms with Gasteiger partial charge in [-0.05, 0) is 36.8 Å². The first-order valence-electron chi connectivity index (χ1n) is 8.00. The van der Waals surface area contributed by atoms with Gasteiger partial charge in [0, 0.05) is 5.56 Å². The minimum absolute atomic E-state index is 0.0405. The van der Waals surface area contributed by atoms with Crippen LogP contribution >= 0.6 is 0 Å². The number of halogens is 3. The first-order valence-corrected chi connectivity index (χ1v) is 11.4. The molecule has 1 N–H and O–H groups in total. The van der Waals surface area contributed by atoms with Crippen LogP contribution < -0.4 is 5.32 Å². The Bertz CT molecular complexity index is 1160. The maximum Gasteiger partial charge on any atom is 0.255 e. The molecule has 1 saturated heterocycles. The minimum atomic E-state index is -4.00. The molecule has 28 heavy (non-hydrogen) atoms. The molecule has 0 aliphatic carbocycles. The zero-order valence-corrected chi connectivity index (χ0v) is 15.8. The van der Waals surface area contributed by atoms with Gasteiger partial charge in [0.2, 0.25) is 0 Å². The standard InChI is InChI=1S/C17H14F3NO5S2/c18-13-4-5-14(16(20)15(13)19)21-17(22)10-2-1-3-11(8-10)28(25,26)12-6-7-27(23,24)9-12/h1-5,8,12H,6-7,9H2,(H,21,22). The molecule has 0 radical (unpaired) electrons. The van der Waals surface area contributed by atoms with E-state index >= 15 is 0 Å². The van der Waals surface area contributed by atoms with Crippen LogP contribution in [0.15, 0.2) is 41.3 Å². The fourth-order valence-electron chi connectivity index (χ4n) is 2.83. The fourth-order valence-corrected chi connectivity index (χ4v) is 7.23. The van der Waals surface area contributed by atoms with Gasteiger partial charge in [-0.2, -0.15) is 0 Å². The second-order valence-corrected chi connectivity index (χ2v) is 10.7. The highest BCUT2D eigenvalue weighted by Crippen LogP contribution is 2.26. The predicted octanol–water partition coefficient (Wildman–Crippen LogP) is 2.32. The summed E-state index contributed by atoms with van der Waals surface area (Å²) in [4.78, 5) is 12.0. The lowest BCUT2D eigenvalue weighted by Gasteiger charge is -2.12. The third kappa shape index (κ3) is 3.90. The molecule has 3 rings (SSSR count). The summed E-state index contributed by atoms with van der Waals surface area (Å²) in [5.74, 6) is -6.43. The van der Waals surface area contributed by atoms with Crippen LogP contribution in [0.5, 0.6) is 0 Å². The normalized spacial score (nSPS) is 18.8. The number of rotatable bonds is 4. The van der Waals surface area contributed by atoms with E-state index in [9.17, 15) is 34.8 Å². The Hall–Kier alpha value is -2.40. The van der Waals surface area contributed by atoms with Crippen molar-refractivity contribution in [2.45, 2.75) is 16.6 Å². The first kappa shape index (κ1) is 20.3. The predicted molar refractivity (Wildman–Crippen MR) is 95.0 cm³/mol. The van der Waals surface area contributed by atoms with Crippen molar-refractivity contribution in [1.29, 1.82) is 0 Å². The van der Waals surface area contributed by atoms with Gasteiger partial charge in [0.1, 0.15) is 0 Å². The topological polar surface area (TPSA) is 97.4 Å². The molecule has 2 aromatic carbocycles. The average molecular weight is 433 g/mol. The molecule has 0 aromatic heterocycles. The molecular formula is C17H14F3NO5S2. The van der Waals surface area contributed by atoms with Crippen molar-refractivity contribution in [1.82, 2.24) is 0 Å². The second kappa shape index (κ2) is 7.21. The Morgan fingerprint density at radius 3 is 2.43 bits per heavy atom. The number of hydrogen-bond acceptors (Lipinski definition) is 5. The molecule has 1 aliphatic heterocycles. The number of amides is 1. The van der Waals surface area contributed by atoms with Crippen LogP contribution in [0.3, 0.4) is 0 Å². The van der Waals surface area contributed by atoms with Crippen LogP contribution in [-0.4, -0.2) is 39.5 Å². The molecule has 0 bridgehead atoms. The van der Waals surface area contributed by atoms with Gasteiger partial charge in [-0.25, -0.2) is 30.0 Å². The molecule has 1 aliphatic rings. The zero-order chi connectivity index (χ0) is 20.7. The van der Waals surface area contributed by atoms with E-state index in [2.05, 4.69) is 0 Å². The van der Waals surface area contributed by atoms with E-state index in [4.69, 9.17) is 0 Å². The molecule has 150 valence electrons. The highest BCUT2D eigenvalue weighted by molar-refractivity contribution is 7.96. The van der Waals surface area contributed by atoms with E-state index in [1.807, 2.05) is 5.32 Å². The summed E-state index contributed by atoms with van der Waals surface area (Å²) in [7, 11) is -7.43. The van der Waals surface area contributed by atoms with Crippen LogP contribution in [0.4, 0.5) is 18.9 Å². The number of carbonyl (C=O) groups is 1. The lowest BCUT2D eigenvalue weighted by Crippen LogP contribution is -2.23. The summed E-state index contributed by atoms with van der Waals surface area (Å²) in [6, 6.07) is 6.22. The Morgan fingerprint density at radius 2 is 1.79 bits per heavy atom. The monoisotopic (exact) mass is 433 g/mol. The van der Waals surface area contributed by atoms with E-state index in [-0.39, 0.29) is 22.6 Å². The average Bonchev–Trinajstić information content (AvgIpc) is 3.03. The van der Waals surface area contributed by atoms with Crippen molar-refractivity contribution in [2.75, 3.05) is 16.8 Å². The SMILES string of the molecule is O=C(Nc1ccc(F)c(F)c1F)c1cccc(S(=O)(=O)C2CCS(=O)(=O)C2)c1. The van der Waals surface area contributed by atoms with E-state index in [1.165, 1.54) is 18.2 Å². The van der Waals surface area contributed by atoms with E-state index in [0.29, 0.717) is 6.07 Å². The van der Waals surface area contributed by atoms with Gasteiger partial charge >= 0.3 is 0 Å². The largest absolute Gasteiger partial charge is 0.319 e. The summed E-state index contributed by atoms with van der Waals surface area (Å²) in [6.45, 7) is 0. The Labute approximate surface area is 159 Å². The summed E-state index contributed by atoms with van der Waals surface area (Å²) in [6.07, 6.45) is -0.0405. The summed E-state index contributed by atoms with van der Waals surface area (Å²) >= 11 is 0. The zero-order valence-electron chi connectivity index (χ0n) is 14.2. The van der Waals surface area contributed by atoms with E-state index in [0.717, 1.165) is 12.1 Å². The first-order chi connectivity index (χ1) is 13.0. The maximum atomic E-state index is 13.7. The number of hydrogen-bond donors (Lipinski definition) is 1.